The maximum absolute atomic E-state index is 12.2. The molecule has 1 N–H and O–H groups in total. The van der Waals surface area contributed by atoms with Crippen molar-refractivity contribution in [1.29, 1.82) is 0 Å². The minimum atomic E-state index is -3.54. The van der Waals surface area contributed by atoms with Crippen molar-refractivity contribution >= 4 is 31.7 Å². The van der Waals surface area contributed by atoms with Gasteiger partial charge in [0.05, 0.1) is 5.75 Å². The summed E-state index contributed by atoms with van der Waals surface area (Å²) in [4.78, 5) is 12.0. The van der Waals surface area contributed by atoms with Gasteiger partial charge >= 0.3 is 0 Å². The molecule has 1 heterocycles. The zero-order chi connectivity index (χ0) is 17.9. The van der Waals surface area contributed by atoms with Gasteiger partial charge in [-0.25, -0.2) is 8.42 Å². The number of benzene rings is 2. The van der Waals surface area contributed by atoms with E-state index in [2.05, 4.69) is 21.2 Å². The van der Waals surface area contributed by atoms with Crippen LogP contribution in [0.1, 0.15) is 11.1 Å². The summed E-state index contributed by atoms with van der Waals surface area (Å²) >= 11 is 3.30. The topological polar surface area (TPSA) is 81.7 Å². The molecule has 3 rings (SSSR count). The van der Waals surface area contributed by atoms with Crippen molar-refractivity contribution in [1.82, 2.24) is 5.32 Å². The number of hydrogen-bond acceptors (Lipinski definition) is 5. The van der Waals surface area contributed by atoms with Gasteiger partial charge in [-0.05, 0) is 35.4 Å². The quantitative estimate of drug-likeness (QED) is 0.768. The summed E-state index contributed by atoms with van der Waals surface area (Å²) in [5.41, 5.74) is 1.44. The molecule has 25 heavy (non-hydrogen) atoms. The second-order valence-corrected chi connectivity index (χ2v) is 8.61. The molecule has 2 aromatic rings. The Labute approximate surface area is 154 Å². The fourth-order valence-corrected chi connectivity index (χ4v) is 4.17. The molecule has 0 aromatic heterocycles. The van der Waals surface area contributed by atoms with Crippen LogP contribution >= 0.6 is 15.9 Å². The fourth-order valence-electron chi connectivity index (χ4n) is 2.43. The summed E-state index contributed by atoms with van der Waals surface area (Å²) in [5.74, 6) is 0.0156. The number of ether oxygens (including phenoxy) is 2. The number of sulfone groups is 1. The van der Waals surface area contributed by atoms with Crippen molar-refractivity contribution in [2.24, 2.45) is 0 Å². The summed E-state index contributed by atoms with van der Waals surface area (Å²) in [7, 11) is -3.54. The monoisotopic (exact) mass is 425 g/mol. The maximum atomic E-state index is 12.2. The van der Waals surface area contributed by atoms with Gasteiger partial charge in [-0.1, -0.05) is 34.1 Å². The smallest absolute Gasteiger partial charge is 0.235 e. The number of halogens is 1. The zero-order valence-corrected chi connectivity index (χ0v) is 15.6. The predicted molar refractivity (Wildman–Crippen MR) is 96.0 cm³/mol. The normalized spacial score (nSPS) is 12.8. The lowest BCUT2D eigenvalue weighted by atomic mass is 10.2. The van der Waals surface area contributed by atoms with Crippen LogP contribution in [0.15, 0.2) is 46.9 Å². The van der Waals surface area contributed by atoms with Crippen molar-refractivity contribution in [3.05, 3.63) is 58.1 Å². The van der Waals surface area contributed by atoms with Crippen molar-refractivity contribution in [3.8, 4) is 11.5 Å². The molecule has 0 fully saturated rings. The summed E-state index contributed by atoms with van der Waals surface area (Å²) in [6.45, 7) is 0.404. The van der Waals surface area contributed by atoms with Crippen molar-refractivity contribution in [2.45, 2.75) is 12.3 Å². The highest BCUT2D eigenvalue weighted by molar-refractivity contribution is 9.10. The first-order valence-electron chi connectivity index (χ1n) is 7.51. The Hall–Kier alpha value is -2.06. The first-order chi connectivity index (χ1) is 11.9. The van der Waals surface area contributed by atoms with E-state index in [9.17, 15) is 13.2 Å². The SMILES string of the molecule is O=C(CS(=O)(=O)Cc1cccc(Br)c1)NCc1ccc2c(c1)OCO2. The summed E-state index contributed by atoms with van der Waals surface area (Å²) in [6.07, 6.45) is 0. The van der Waals surface area contributed by atoms with Gasteiger partial charge in [0.15, 0.2) is 21.3 Å². The molecule has 0 radical (unpaired) electrons. The lowest BCUT2D eigenvalue weighted by Gasteiger charge is -2.08. The predicted octanol–water partition coefficient (Wildman–Crippen LogP) is 2.41. The molecule has 0 bridgehead atoms. The third kappa shape index (κ3) is 4.96. The minimum absolute atomic E-state index is 0.177. The van der Waals surface area contributed by atoms with Crippen molar-refractivity contribution < 1.29 is 22.7 Å². The second kappa shape index (κ2) is 7.45. The van der Waals surface area contributed by atoms with Crippen molar-refractivity contribution in [2.75, 3.05) is 12.5 Å². The van der Waals surface area contributed by atoms with E-state index in [0.717, 1.165) is 10.0 Å². The van der Waals surface area contributed by atoms with E-state index in [4.69, 9.17) is 9.47 Å². The van der Waals surface area contributed by atoms with E-state index in [1.54, 1.807) is 36.4 Å². The summed E-state index contributed by atoms with van der Waals surface area (Å²) < 4.78 is 35.6. The van der Waals surface area contributed by atoms with E-state index in [-0.39, 0.29) is 19.1 Å². The largest absolute Gasteiger partial charge is 0.454 e. The van der Waals surface area contributed by atoms with E-state index in [1.165, 1.54) is 0 Å². The average Bonchev–Trinajstić information content (AvgIpc) is 2.99. The number of carbonyl (C=O) groups excluding carboxylic acids is 1. The molecule has 0 aliphatic carbocycles. The van der Waals surface area contributed by atoms with E-state index in [0.29, 0.717) is 17.1 Å². The number of carbonyl (C=O) groups is 1. The van der Waals surface area contributed by atoms with E-state index < -0.39 is 21.5 Å². The van der Waals surface area contributed by atoms with Crippen LogP contribution in [0.5, 0.6) is 11.5 Å². The van der Waals surface area contributed by atoms with Crippen LogP contribution in [-0.2, 0) is 26.9 Å². The van der Waals surface area contributed by atoms with Gasteiger partial charge in [-0.15, -0.1) is 0 Å². The third-order valence-electron chi connectivity index (χ3n) is 3.55. The maximum Gasteiger partial charge on any atom is 0.235 e. The van der Waals surface area contributed by atoms with Gasteiger partial charge < -0.3 is 14.8 Å². The van der Waals surface area contributed by atoms with E-state index >= 15 is 0 Å². The molecule has 0 saturated heterocycles. The van der Waals surface area contributed by atoms with Crippen LogP contribution < -0.4 is 14.8 Å². The standard InChI is InChI=1S/C17H16BrNO5S/c18-14-3-1-2-13(6-14)9-25(21,22)10-17(20)19-8-12-4-5-15-16(7-12)24-11-23-15/h1-7H,8-11H2,(H,19,20). The zero-order valence-electron chi connectivity index (χ0n) is 13.2. The van der Waals surface area contributed by atoms with Crippen LogP contribution in [0.25, 0.3) is 0 Å². The molecule has 0 saturated carbocycles. The molecule has 1 amide bonds. The van der Waals surface area contributed by atoms with Crippen LogP contribution in [-0.4, -0.2) is 26.9 Å². The van der Waals surface area contributed by atoms with Gasteiger partial charge in [0.2, 0.25) is 12.7 Å². The molecule has 0 spiro atoms. The summed E-state index contributed by atoms with van der Waals surface area (Å²) in [5, 5.41) is 2.62. The summed E-state index contributed by atoms with van der Waals surface area (Å²) in [6, 6.07) is 12.3. The molecule has 6 nitrogen and oxygen atoms in total. The molecular weight excluding hydrogens is 410 g/mol. The number of nitrogens with one attached hydrogen (secondary N) is 1. The minimum Gasteiger partial charge on any atom is -0.454 e. The van der Waals surface area contributed by atoms with E-state index in [1.807, 2.05) is 6.07 Å². The molecular formula is C17H16BrNO5S. The number of rotatable bonds is 6. The van der Waals surface area contributed by atoms with Gasteiger partial charge in [-0.2, -0.15) is 0 Å². The number of fused-ring (bicyclic) bond motifs is 1. The molecule has 0 atom stereocenters. The highest BCUT2D eigenvalue weighted by Crippen LogP contribution is 2.32. The first kappa shape index (κ1) is 17.8. The van der Waals surface area contributed by atoms with Gasteiger partial charge in [0, 0.05) is 11.0 Å². The lowest BCUT2D eigenvalue weighted by molar-refractivity contribution is -0.118. The Morgan fingerprint density at radius 1 is 1.08 bits per heavy atom. The molecule has 2 aromatic carbocycles. The third-order valence-corrected chi connectivity index (χ3v) is 5.52. The Morgan fingerprint density at radius 2 is 1.88 bits per heavy atom. The first-order valence-corrected chi connectivity index (χ1v) is 10.1. The molecule has 1 aliphatic heterocycles. The van der Waals surface area contributed by atoms with Gasteiger partial charge in [0.25, 0.3) is 0 Å². The van der Waals surface area contributed by atoms with Gasteiger partial charge in [-0.3, -0.25) is 4.79 Å². The Morgan fingerprint density at radius 3 is 2.68 bits per heavy atom. The highest BCUT2D eigenvalue weighted by atomic mass is 79.9. The highest BCUT2D eigenvalue weighted by Gasteiger charge is 2.18. The number of hydrogen-bond donors (Lipinski definition) is 1. The van der Waals surface area contributed by atoms with Crippen LogP contribution in [0.4, 0.5) is 0 Å². The van der Waals surface area contributed by atoms with Crippen LogP contribution in [0, 0.1) is 0 Å². The Kier molecular flexibility index (Phi) is 5.29. The Balaban J connectivity index is 1.54. The average molecular weight is 426 g/mol. The molecule has 1 aliphatic rings. The Bertz CT molecular complexity index is 898. The van der Waals surface area contributed by atoms with Crippen molar-refractivity contribution in [3.63, 3.8) is 0 Å². The number of amides is 1. The van der Waals surface area contributed by atoms with Gasteiger partial charge in [0.1, 0.15) is 5.75 Å². The molecule has 0 unspecified atom stereocenters. The second-order valence-electron chi connectivity index (χ2n) is 5.63. The molecule has 8 heteroatoms. The van der Waals surface area contributed by atoms with Crippen LogP contribution in [0.3, 0.4) is 0 Å². The fraction of sp³-hybridized carbons (Fsp3) is 0.235. The lowest BCUT2D eigenvalue weighted by Crippen LogP contribution is -2.30. The van der Waals surface area contributed by atoms with Crippen LogP contribution in [0.2, 0.25) is 0 Å². The molecule has 132 valence electrons.